The van der Waals surface area contributed by atoms with Crippen LogP contribution in [0.1, 0.15) is 44.2 Å². The highest BCUT2D eigenvalue weighted by Crippen LogP contribution is 2.23. The molecule has 0 fully saturated rings. The summed E-state index contributed by atoms with van der Waals surface area (Å²) in [6, 6.07) is 7.35. The molecule has 3 rings (SSSR count). The number of ether oxygens (including phenoxy) is 2. The highest BCUT2D eigenvalue weighted by atomic mass is 32.1. The Labute approximate surface area is 172 Å². The average Bonchev–Trinajstić information content (AvgIpc) is 3.28. The molecule has 0 saturated heterocycles. The van der Waals surface area contributed by atoms with E-state index in [1.807, 2.05) is 39.0 Å². The first-order chi connectivity index (χ1) is 13.9. The van der Waals surface area contributed by atoms with E-state index in [-0.39, 0.29) is 30.9 Å². The van der Waals surface area contributed by atoms with Crippen molar-refractivity contribution >= 4 is 33.4 Å². The van der Waals surface area contributed by atoms with Crippen LogP contribution in [0.3, 0.4) is 0 Å². The Kier molecular flexibility index (Phi) is 6.48. The van der Waals surface area contributed by atoms with Crippen LogP contribution in [-0.2, 0) is 16.1 Å². The molecule has 0 saturated carbocycles. The van der Waals surface area contributed by atoms with Gasteiger partial charge in [0.25, 0.3) is 5.91 Å². The molecule has 1 aromatic carbocycles. The highest BCUT2D eigenvalue weighted by molar-refractivity contribution is 7.16. The zero-order valence-corrected chi connectivity index (χ0v) is 17.7. The maximum atomic E-state index is 12.7. The van der Waals surface area contributed by atoms with Gasteiger partial charge in [-0.05, 0) is 52.0 Å². The number of esters is 1. The van der Waals surface area contributed by atoms with Gasteiger partial charge in [-0.3, -0.25) is 14.3 Å². The summed E-state index contributed by atoms with van der Waals surface area (Å²) < 4.78 is 14.9. The van der Waals surface area contributed by atoms with Crippen molar-refractivity contribution in [3.05, 3.63) is 41.0 Å². The van der Waals surface area contributed by atoms with Crippen LogP contribution < -0.4 is 9.54 Å². The molecule has 0 unspecified atom stereocenters. The van der Waals surface area contributed by atoms with Gasteiger partial charge in [-0.1, -0.05) is 11.3 Å². The summed E-state index contributed by atoms with van der Waals surface area (Å²) in [7, 11) is 0. The minimum absolute atomic E-state index is 0.0334. The van der Waals surface area contributed by atoms with Crippen molar-refractivity contribution in [1.29, 1.82) is 0 Å². The van der Waals surface area contributed by atoms with Crippen molar-refractivity contribution < 1.29 is 19.1 Å². The van der Waals surface area contributed by atoms with Gasteiger partial charge < -0.3 is 14.0 Å². The number of fused-ring (bicyclic) bond motifs is 1. The van der Waals surface area contributed by atoms with Crippen molar-refractivity contribution in [3.63, 3.8) is 0 Å². The molecule has 9 heteroatoms. The van der Waals surface area contributed by atoms with Gasteiger partial charge in [0.1, 0.15) is 12.3 Å². The lowest BCUT2D eigenvalue weighted by Gasteiger charge is -2.06. The van der Waals surface area contributed by atoms with Crippen molar-refractivity contribution in [2.45, 2.75) is 40.3 Å². The summed E-state index contributed by atoms with van der Waals surface area (Å²) in [6.07, 6.45) is 1.75. The van der Waals surface area contributed by atoms with Crippen LogP contribution in [0.15, 0.2) is 35.5 Å². The van der Waals surface area contributed by atoms with Gasteiger partial charge in [0.15, 0.2) is 10.5 Å². The van der Waals surface area contributed by atoms with E-state index in [2.05, 4.69) is 10.1 Å². The van der Waals surface area contributed by atoms with Crippen LogP contribution in [0, 0.1) is 0 Å². The van der Waals surface area contributed by atoms with E-state index in [4.69, 9.17) is 9.47 Å². The molecule has 2 aromatic heterocycles. The fourth-order valence-electron chi connectivity index (χ4n) is 2.77. The van der Waals surface area contributed by atoms with Crippen molar-refractivity contribution in [3.8, 4) is 5.75 Å². The Bertz CT molecular complexity index is 1090. The fraction of sp³-hybridized carbons (Fsp3) is 0.400. The van der Waals surface area contributed by atoms with Crippen molar-refractivity contribution in [2.24, 2.45) is 4.99 Å². The van der Waals surface area contributed by atoms with Gasteiger partial charge in [0, 0.05) is 12.2 Å². The SMILES string of the molecule is CCOC(=O)Cn1c(=NC(=O)c2ccn(C(C)C)n2)sc2cc(OCC)ccc21. The predicted octanol–water partition coefficient (Wildman–Crippen LogP) is 3.18. The molecule has 0 aliphatic heterocycles. The van der Waals surface area contributed by atoms with Crippen LogP contribution in [0.2, 0.25) is 0 Å². The Morgan fingerprint density at radius 2 is 2.00 bits per heavy atom. The summed E-state index contributed by atoms with van der Waals surface area (Å²) in [4.78, 5) is 29.4. The third kappa shape index (κ3) is 4.73. The van der Waals surface area contributed by atoms with E-state index in [0.717, 1.165) is 16.0 Å². The molecular weight excluding hydrogens is 392 g/mol. The number of carbonyl (C=O) groups is 2. The smallest absolute Gasteiger partial charge is 0.326 e. The van der Waals surface area contributed by atoms with Crippen LogP contribution in [0.5, 0.6) is 5.75 Å². The molecule has 0 spiro atoms. The minimum Gasteiger partial charge on any atom is -0.494 e. The number of aromatic nitrogens is 3. The molecule has 1 amide bonds. The molecule has 154 valence electrons. The zero-order chi connectivity index (χ0) is 21.0. The van der Waals surface area contributed by atoms with E-state index in [1.54, 1.807) is 28.4 Å². The summed E-state index contributed by atoms with van der Waals surface area (Å²) in [5, 5.41) is 4.28. The molecule has 29 heavy (non-hydrogen) atoms. The van der Waals surface area contributed by atoms with Crippen molar-refractivity contribution in [2.75, 3.05) is 13.2 Å². The summed E-state index contributed by atoms with van der Waals surface area (Å²) in [5.74, 6) is -0.129. The first-order valence-electron chi connectivity index (χ1n) is 9.49. The molecule has 2 heterocycles. The summed E-state index contributed by atoms with van der Waals surface area (Å²) >= 11 is 1.31. The third-order valence-electron chi connectivity index (χ3n) is 4.11. The molecule has 0 aliphatic carbocycles. The first kappa shape index (κ1) is 20.8. The maximum absolute atomic E-state index is 12.7. The second kappa shape index (κ2) is 9.04. The van der Waals surface area contributed by atoms with Gasteiger partial charge >= 0.3 is 5.97 Å². The van der Waals surface area contributed by atoms with Gasteiger partial charge in [-0.25, -0.2) is 0 Å². The van der Waals surface area contributed by atoms with Crippen LogP contribution in [0.4, 0.5) is 0 Å². The van der Waals surface area contributed by atoms with E-state index >= 15 is 0 Å². The Morgan fingerprint density at radius 3 is 2.66 bits per heavy atom. The molecule has 0 N–H and O–H groups in total. The number of benzene rings is 1. The van der Waals surface area contributed by atoms with Gasteiger partial charge in [-0.15, -0.1) is 0 Å². The quantitative estimate of drug-likeness (QED) is 0.552. The number of rotatable bonds is 7. The molecule has 0 bridgehead atoms. The average molecular weight is 417 g/mol. The summed E-state index contributed by atoms with van der Waals surface area (Å²) in [5.41, 5.74) is 1.04. The van der Waals surface area contributed by atoms with Gasteiger partial charge in [0.2, 0.25) is 0 Å². The topological polar surface area (TPSA) is 87.7 Å². The van der Waals surface area contributed by atoms with Crippen molar-refractivity contribution in [1.82, 2.24) is 14.3 Å². The Hall–Kier alpha value is -2.94. The summed E-state index contributed by atoms with van der Waals surface area (Å²) in [6.45, 7) is 8.43. The third-order valence-corrected chi connectivity index (χ3v) is 5.15. The van der Waals surface area contributed by atoms with E-state index in [1.165, 1.54) is 11.3 Å². The molecule has 0 radical (unpaired) electrons. The zero-order valence-electron chi connectivity index (χ0n) is 16.9. The van der Waals surface area contributed by atoms with E-state index in [0.29, 0.717) is 11.4 Å². The van der Waals surface area contributed by atoms with Gasteiger partial charge in [0.05, 0.1) is 23.4 Å². The van der Waals surface area contributed by atoms with Crippen LogP contribution in [-0.4, -0.2) is 39.4 Å². The second-order valence-corrected chi connectivity index (χ2v) is 7.54. The molecule has 3 aromatic rings. The van der Waals surface area contributed by atoms with E-state index < -0.39 is 5.91 Å². The highest BCUT2D eigenvalue weighted by Gasteiger charge is 2.15. The lowest BCUT2D eigenvalue weighted by Crippen LogP contribution is -2.23. The largest absolute Gasteiger partial charge is 0.494 e. The normalized spacial score (nSPS) is 12.0. The second-order valence-electron chi connectivity index (χ2n) is 6.53. The van der Waals surface area contributed by atoms with Gasteiger partial charge in [-0.2, -0.15) is 10.1 Å². The predicted molar refractivity (Wildman–Crippen MR) is 110 cm³/mol. The number of carbonyl (C=O) groups excluding carboxylic acids is 2. The maximum Gasteiger partial charge on any atom is 0.326 e. The fourth-order valence-corrected chi connectivity index (χ4v) is 3.82. The van der Waals surface area contributed by atoms with Crippen LogP contribution in [0.25, 0.3) is 10.2 Å². The monoisotopic (exact) mass is 416 g/mol. The van der Waals surface area contributed by atoms with Crippen LogP contribution >= 0.6 is 11.3 Å². The lowest BCUT2D eigenvalue weighted by atomic mass is 10.3. The number of thiazole rings is 1. The molecule has 0 atom stereocenters. The number of hydrogen-bond acceptors (Lipinski definition) is 6. The first-order valence-corrected chi connectivity index (χ1v) is 10.3. The van der Waals surface area contributed by atoms with E-state index in [9.17, 15) is 9.59 Å². The Morgan fingerprint density at radius 1 is 1.21 bits per heavy atom. The molecular formula is C20H24N4O4S. The number of nitrogens with zero attached hydrogens (tertiary/aromatic N) is 4. The number of amides is 1. The minimum atomic E-state index is -0.460. The molecule has 0 aliphatic rings. The molecule has 8 nitrogen and oxygen atoms in total. The number of hydrogen-bond donors (Lipinski definition) is 0. The standard InChI is InChI=1S/C20H24N4O4S/c1-5-27-14-7-8-16-17(11-14)29-20(23(16)12-18(25)28-6-2)21-19(26)15-9-10-24(22-15)13(3)4/h7-11,13H,5-6,12H2,1-4H3. The Balaban J connectivity index is 2.06. The lowest BCUT2D eigenvalue weighted by molar-refractivity contribution is -0.143.